The molecule has 22 heavy (non-hydrogen) atoms. The van der Waals surface area contributed by atoms with Gasteiger partial charge in [-0.25, -0.2) is 13.8 Å². The number of fused-ring (bicyclic) bond motifs is 1. The maximum Gasteiger partial charge on any atom is 0.252 e. The summed E-state index contributed by atoms with van der Waals surface area (Å²) in [6.45, 7) is 1.74. The number of imidazole rings is 1. The molecule has 0 aliphatic carbocycles. The molecule has 1 atom stereocenters. The van der Waals surface area contributed by atoms with Crippen molar-refractivity contribution in [2.45, 2.75) is 13.0 Å². The molecule has 0 radical (unpaired) electrons. The van der Waals surface area contributed by atoms with E-state index in [1.165, 1.54) is 0 Å². The number of benzene rings is 2. The molecule has 0 fully saturated rings. The molecule has 3 aromatic rings. The van der Waals surface area contributed by atoms with E-state index in [1.54, 1.807) is 6.92 Å². The van der Waals surface area contributed by atoms with Gasteiger partial charge in [0.25, 0.3) is 5.91 Å². The zero-order valence-corrected chi connectivity index (χ0v) is 11.7. The van der Waals surface area contributed by atoms with E-state index in [9.17, 15) is 13.6 Å². The Kier molecular flexibility index (Phi) is 3.58. The Morgan fingerprint density at radius 2 is 1.86 bits per heavy atom. The van der Waals surface area contributed by atoms with E-state index < -0.39 is 23.6 Å². The lowest BCUT2D eigenvalue weighted by atomic mass is 10.2. The lowest BCUT2D eigenvalue weighted by Crippen LogP contribution is -2.27. The number of rotatable bonds is 3. The van der Waals surface area contributed by atoms with Gasteiger partial charge >= 0.3 is 0 Å². The number of halogens is 2. The summed E-state index contributed by atoms with van der Waals surface area (Å²) >= 11 is 0. The Balaban J connectivity index is 1.80. The average Bonchev–Trinajstić information content (AvgIpc) is 2.90. The molecule has 3 rings (SSSR count). The molecule has 112 valence electrons. The Morgan fingerprint density at radius 3 is 2.55 bits per heavy atom. The molecular formula is C16H13F2N3O. The van der Waals surface area contributed by atoms with Crippen LogP contribution in [-0.2, 0) is 0 Å². The number of H-pyrrole nitrogens is 1. The first-order valence-electron chi connectivity index (χ1n) is 6.74. The van der Waals surface area contributed by atoms with Crippen LogP contribution in [0.2, 0.25) is 0 Å². The highest BCUT2D eigenvalue weighted by molar-refractivity contribution is 5.94. The van der Waals surface area contributed by atoms with Crippen molar-refractivity contribution in [1.82, 2.24) is 15.3 Å². The molecule has 0 aliphatic heterocycles. The normalized spacial score (nSPS) is 12.3. The topological polar surface area (TPSA) is 57.8 Å². The number of hydrogen-bond donors (Lipinski definition) is 2. The van der Waals surface area contributed by atoms with E-state index in [2.05, 4.69) is 15.3 Å². The quantitative estimate of drug-likeness (QED) is 0.779. The number of amides is 1. The monoisotopic (exact) mass is 301 g/mol. The Morgan fingerprint density at radius 1 is 1.18 bits per heavy atom. The fraction of sp³-hybridized carbons (Fsp3) is 0.125. The van der Waals surface area contributed by atoms with E-state index in [0.29, 0.717) is 5.82 Å². The van der Waals surface area contributed by atoms with Crippen molar-refractivity contribution in [3.05, 3.63) is 65.5 Å². The van der Waals surface area contributed by atoms with Crippen LogP contribution < -0.4 is 5.32 Å². The molecule has 0 spiro atoms. The fourth-order valence-corrected chi connectivity index (χ4v) is 2.21. The molecule has 0 aliphatic rings. The summed E-state index contributed by atoms with van der Waals surface area (Å²) < 4.78 is 26.3. The summed E-state index contributed by atoms with van der Waals surface area (Å²) in [4.78, 5) is 19.5. The second-order valence-corrected chi connectivity index (χ2v) is 4.99. The fourth-order valence-electron chi connectivity index (χ4n) is 2.21. The van der Waals surface area contributed by atoms with Crippen LogP contribution in [0.25, 0.3) is 11.0 Å². The lowest BCUT2D eigenvalue weighted by molar-refractivity contribution is 0.0937. The van der Waals surface area contributed by atoms with Crippen LogP contribution in [0.4, 0.5) is 8.78 Å². The van der Waals surface area contributed by atoms with Crippen LogP contribution in [0.1, 0.15) is 29.1 Å². The van der Waals surface area contributed by atoms with E-state index in [4.69, 9.17) is 0 Å². The van der Waals surface area contributed by atoms with Gasteiger partial charge in [-0.2, -0.15) is 0 Å². The molecule has 0 unspecified atom stereocenters. The van der Waals surface area contributed by atoms with Crippen LogP contribution in [0.15, 0.2) is 42.5 Å². The third-order valence-electron chi connectivity index (χ3n) is 3.29. The molecule has 2 N–H and O–H groups in total. The number of nitrogens with one attached hydrogen (secondary N) is 2. The number of aromatic nitrogens is 2. The predicted octanol–water partition coefficient (Wildman–Crippen LogP) is 3.33. The number of carbonyl (C=O) groups is 1. The molecule has 1 amide bonds. The van der Waals surface area contributed by atoms with E-state index in [1.807, 2.05) is 24.3 Å². The summed E-state index contributed by atoms with van der Waals surface area (Å²) in [6, 6.07) is 9.75. The van der Waals surface area contributed by atoms with Gasteiger partial charge in [-0.1, -0.05) is 12.1 Å². The van der Waals surface area contributed by atoms with Gasteiger partial charge < -0.3 is 10.3 Å². The van der Waals surface area contributed by atoms with Gasteiger partial charge in [-0.15, -0.1) is 0 Å². The van der Waals surface area contributed by atoms with Crippen molar-refractivity contribution in [2.75, 3.05) is 0 Å². The Labute approximate surface area is 125 Å². The molecule has 6 heteroatoms. The van der Waals surface area contributed by atoms with Gasteiger partial charge in [-0.05, 0) is 31.2 Å². The minimum absolute atomic E-state index is 0.0690. The molecule has 0 saturated heterocycles. The number of nitrogens with zero attached hydrogens (tertiary/aromatic N) is 1. The molecule has 2 aromatic carbocycles. The molecule has 0 saturated carbocycles. The van der Waals surface area contributed by atoms with Crippen molar-refractivity contribution in [2.24, 2.45) is 0 Å². The van der Waals surface area contributed by atoms with Crippen molar-refractivity contribution < 1.29 is 13.6 Å². The van der Waals surface area contributed by atoms with Gasteiger partial charge in [0.15, 0.2) is 0 Å². The number of para-hydroxylation sites is 2. The van der Waals surface area contributed by atoms with Gasteiger partial charge in [-0.3, -0.25) is 4.79 Å². The largest absolute Gasteiger partial charge is 0.342 e. The smallest absolute Gasteiger partial charge is 0.252 e. The van der Waals surface area contributed by atoms with Crippen molar-refractivity contribution in [1.29, 1.82) is 0 Å². The second-order valence-electron chi connectivity index (χ2n) is 4.99. The van der Waals surface area contributed by atoms with Crippen molar-refractivity contribution >= 4 is 16.9 Å². The second kappa shape index (κ2) is 5.55. The van der Waals surface area contributed by atoms with Crippen LogP contribution in [0, 0.1) is 11.6 Å². The highest BCUT2D eigenvalue weighted by Gasteiger charge is 2.16. The van der Waals surface area contributed by atoms with Crippen molar-refractivity contribution in [3.63, 3.8) is 0 Å². The van der Waals surface area contributed by atoms with E-state index in [0.717, 1.165) is 29.2 Å². The van der Waals surface area contributed by atoms with Gasteiger partial charge in [0.2, 0.25) is 0 Å². The first-order valence-corrected chi connectivity index (χ1v) is 6.74. The van der Waals surface area contributed by atoms with Crippen LogP contribution in [0.3, 0.4) is 0 Å². The summed E-state index contributed by atoms with van der Waals surface area (Å²) in [7, 11) is 0. The van der Waals surface area contributed by atoms with Crippen LogP contribution in [0.5, 0.6) is 0 Å². The van der Waals surface area contributed by atoms with Gasteiger partial charge in [0.05, 0.1) is 17.1 Å². The highest BCUT2D eigenvalue weighted by Crippen LogP contribution is 2.16. The first-order chi connectivity index (χ1) is 10.5. The molecule has 0 bridgehead atoms. The van der Waals surface area contributed by atoms with Crippen molar-refractivity contribution in [3.8, 4) is 0 Å². The number of aromatic amines is 1. The highest BCUT2D eigenvalue weighted by atomic mass is 19.1. The zero-order valence-electron chi connectivity index (χ0n) is 11.7. The van der Waals surface area contributed by atoms with E-state index in [-0.39, 0.29) is 5.56 Å². The predicted molar refractivity (Wildman–Crippen MR) is 78.3 cm³/mol. The molecule has 1 aromatic heterocycles. The minimum atomic E-state index is -0.790. The minimum Gasteiger partial charge on any atom is -0.342 e. The summed E-state index contributed by atoms with van der Waals surface area (Å²) in [5.41, 5.74) is 1.58. The molecule has 4 nitrogen and oxygen atoms in total. The zero-order chi connectivity index (χ0) is 15.7. The average molecular weight is 301 g/mol. The lowest BCUT2D eigenvalue weighted by Gasteiger charge is -2.11. The Bertz CT molecular complexity index is 791. The summed E-state index contributed by atoms with van der Waals surface area (Å²) in [5, 5.41) is 2.66. The van der Waals surface area contributed by atoms with Crippen LogP contribution in [-0.4, -0.2) is 15.9 Å². The molecular weight excluding hydrogens is 288 g/mol. The summed E-state index contributed by atoms with van der Waals surface area (Å²) in [6.07, 6.45) is 0. The van der Waals surface area contributed by atoms with Gasteiger partial charge in [0.1, 0.15) is 17.5 Å². The summed E-state index contributed by atoms with van der Waals surface area (Å²) in [5.74, 6) is -1.57. The number of carbonyl (C=O) groups excluding carboxylic acids is 1. The first kappa shape index (κ1) is 14.2. The third-order valence-corrected chi connectivity index (χ3v) is 3.29. The maximum atomic E-state index is 13.1. The Hall–Kier alpha value is -2.76. The number of hydrogen-bond acceptors (Lipinski definition) is 2. The third kappa shape index (κ3) is 2.81. The molecule has 1 heterocycles. The van der Waals surface area contributed by atoms with Crippen LogP contribution >= 0.6 is 0 Å². The van der Waals surface area contributed by atoms with Gasteiger partial charge in [0, 0.05) is 11.6 Å². The maximum absolute atomic E-state index is 13.1. The SMILES string of the molecule is C[C@@H](NC(=O)c1cc(F)cc(F)c1)c1nc2ccccc2[nH]1. The standard InChI is InChI=1S/C16H13F2N3O/c1-9(15-20-13-4-2-3-5-14(13)21-15)19-16(22)10-6-11(17)8-12(18)7-10/h2-9H,1H3,(H,19,22)(H,20,21)/t9-/m1/s1. The van der Waals surface area contributed by atoms with E-state index >= 15 is 0 Å².